The maximum atomic E-state index is 12.7. The molecular formula is C17H31Cl2N3OS. The lowest BCUT2D eigenvalue weighted by Gasteiger charge is -2.31. The number of nitrogens with two attached hydrogens (primary N) is 1. The molecule has 140 valence electrons. The van der Waals surface area contributed by atoms with Gasteiger partial charge in [-0.05, 0) is 39.0 Å². The molecule has 1 fully saturated rings. The number of hydrogen-bond donors (Lipinski definition) is 2. The molecule has 0 bridgehead atoms. The van der Waals surface area contributed by atoms with Crippen molar-refractivity contribution >= 4 is 42.1 Å². The third-order valence-corrected chi connectivity index (χ3v) is 5.77. The van der Waals surface area contributed by atoms with E-state index in [0.29, 0.717) is 18.4 Å². The maximum Gasteiger partial charge on any atom is 0.263 e. The van der Waals surface area contributed by atoms with Crippen LogP contribution in [0.3, 0.4) is 0 Å². The topological polar surface area (TPSA) is 68.0 Å². The third-order valence-electron chi connectivity index (χ3n) is 4.45. The predicted octanol–water partition coefficient (Wildman–Crippen LogP) is 4.45. The average molecular weight is 396 g/mol. The number of halogens is 2. The molecule has 1 atom stereocenters. The first-order valence-corrected chi connectivity index (χ1v) is 9.16. The molecule has 24 heavy (non-hydrogen) atoms. The summed E-state index contributed by atoms with van der Waals surface area (Å²) in [5.74, 6) is 1.03. The molecule has 1 heterocycles. The number of aryl methyl sites for hydroxylation is 1. The maximum absolute atomic E-state index is 12.7. The summed E-state index contributed by atoms with van der Waals surface area (Å²) in [4.78, 5) is 18.1. The van der Waals surface area contributed by atoms with E-state index in [1.165, 1.54) is 25.7 Å². The largest absolute Gasteiger partial charge is 0.345 e. The minimum atomic E-state index is -0.352. The Morgan fingerprint density at radius 2 is 1.96 bits per heavy atom. The fourth-order valence-corrected chi connectivity index (χ4v) is 4.52. The summed E-state index contributed by atoms with van der Waals surface area (Å²) < 4.78 is 0. The van der Waals surface area contributed by atoms with Gasteiger partial charge in [-0.2, -0.15) is 0 Å². The molecule has 1 aliphatic rings. The summed E-state index contributed by atoms with van der Waals surface area (Å²) in [6, 6.07) is 0. The van der Waals surface area contributed by atoms with Gasteiger partial charge in [-0.25, -0.2) is 4.98 Å². The minimum absolute atomic E-state index is 0. The van der Waals surface area contributed by atoms with Crippen LogP contribution in [0.2, 0.25) is 0 Å². The molecule has 7 heteroatoms. The lowest BCUT2D eigenvalue weighted by Crippen LogP contribution is -2.52. The average Bonchev–Trinajstić information content (AvgIpc) is 3.06. The van der Waals surface area contributed by atoms with Crippen molar-refractivity contribution in [2.24, 2.45) is 11.7 Å². The molecule has 2 rings (SSSR count). The summed E-state index contributed by atoms with van der Waals surface area (Å²) in [7, 11) is 0. The Labute approximate surface area is 162 Å². The summed E-state index contributed by atoms with van der Waals surface area (Å²) in [6.45, 7) is 8.71. The van der Waals surface area contributed by atoms with Crippen LogP contribution >= 0.6 is 36.2 Å². The lowest BCUT2D eigenvalue weighted by atomic mass is 9.90. The van der Waals surface area contributed by atoms with Gasteiger partial charge in [-0.3, -0.25) is 4.79 Å². The van der Waals surface area contributed by atoms with Crippen LogP contribution < -0.4 is 11.1 Å². The SMILES string of the molecule is Cc1nc(C2CCCC2)sc1C(=O)NC(C)(CN)CC(C)C.Cl.Cl. The van der Waals surface area contributed by atoms with E-state index < -0.39 is 0 Å². The van der Waals surface area contributed by atoms with Crippen molar-refractivity contribution in [1.82, 2.24) is 10.3 Å². The van der Waals surface area contributed by atoms with Gasteiger partial charge in [0.2, 0.25) is 0 Å². The summed E-state index contributed by atoms with van der Waals surface area (Å²) in [5.41, 5.74) is 6.40. The molecule has 1 amide bonds. The Balaban J connectivity index is 0.00000264. The molecule has 1 aromatic heterocycles. The van der Waals surface area contributed by atoms with Crippen molar-refractivity contribution in [1.29, 1.82) is 0 Å². The van der Waals surface area contributed by atoms with Gasteiger partial charge in [0.25, 0.3) is 5.91 Å². The van der Waals surface area contributed by atoms with Crippen LogP contribution in [-0.4, -0.2) is 23.0 Å². The van der Waals surface area contributed by atoms with E-state index >= 15 is 0 Å². The minimum Gasteiger partial charge on any atom is -0.345 e. The molecule has 0 spiro atoms. The van der Waals surface area contributed by atoms with Gasteiger partial charge in [0.15, 0.2) is 0 Å². The summed E-state index contributed by atoms with van der Waals surface area (Å²) in [5, 5.41) is 4.28. The highest BCUT2D eigenvalue weighted by molar-refractivity contribution is 7.13. The molecule has 1 aromatic rings. The van der Waals surface area contributed by atoms with E-state index in [9.17, 15) is 4.79 Å². The second-order valence-electron chi connectivity index (χ2n) is 7.26. The molecule has 1 aliphatic carbocycles. The first kappa shape index (κ1) is 23.6. The van der Waals surface area contributed by atoms with Crippen molar-refractivity contribution in [3.05, 3.63) is 15.6 Å². The second kappa shape index (κ2) is 9.95. The highest BCUT2D eigenvalue weighted by Crippen LogP contribution is 2.37. The Morgan fingerprint density at radius 1 is 1.38 bits per heavy atom. The van der Waals surface area contributed by atoms with Crippen LogP contribution in [0, 0.1) is 12.8 Å². The van der Waals surface area contributed by atoms with E-state index in [1.54, 1.807) is 11.3 Å². The number of carbonyl (C=O) groups excluding carboxylic acids is 1. The van der Waals surface area contributed by atoms with Gasteiger partial charge in [0, 0.05) is 12.5 Å². The van der Waals surface area contributed by atoms with Crippen LogP contribution in [-0.2, 0) is 0 Å². The number of nitrogens with one attached hydrogen (secondary N) is 1. The molecular weight excluding hydrogens is 365 g/mol. The number of rotatable bonds is 6. The van der Waals surface area contributed by atoms with Crippen molar-refractivity contribution in [3.8, 4) is 0 Å². The first-order valence-electron chi connectivity index (χ1n) is 8.34. The number of thiazole rings is 1. The van der Waals surface area contributed by atoms with E-state index in [2.05, 4.69) is 24.1 Å². The van der Waals surface area contributed by atoms with Crippen molar-refractivity contribution < 1.29 is 4.79 Å². The number of carbonyl (C=O) groups is 1. The Morgan fingerprint density at radius 3 is 2.46 bits per heavy atom. The summed E-state index contributed by atoms with van der Waals surface area (Å²) in [6.07, 6.45) is 5.86. The van der Waals surface area contributed by atoms with Crippen LogP contribution in [0.15, 0.2) is 0 Å². The number of nitrogens with zero attached hydrogens (tertiary/aromatic N) is 1. The molecule has 0 saturated heterocycles. The van der Waals surface area contributed by atoms with Gasteiger partial charge in [-0.1, -0.05) is 26.7 Å². The molecule has 0 radical (unpaired) electrons. The zero-order valence-corrected chi connectivity index (χ0v) is 17.5. The van der Waals surface area contributed by atoms with E-state index in [1.807, 2.05) is 13.8 Å². The second-order valence-corrected chi connectivity index (χ2v) is 8.30. The first-order chi connectivity index (χ1) is 10.3. The number of aromatic nitrogens is 1. The molecule has 0 aliphatic heterocycles. The Bertz CT molecular complexity index is 530. The predicted molar refractivity (Wildman–Crippen MR) is 107 cm³/mol. The fourth-order valence-electron chi connectivity index (χ4n) is 3.39. The van der Waals surface area contributed by atoms with Gasteiger partial charge in [-0.15, -0.1) is 36.2 Å². The Kier molecular flexibility index (Phi) is 9.80. The molecule has 4 nitrogen and oxygen atoms in total. The molecule has 0 aromatic carbocycles. The van der Waals surface area contributed by atoms with Gasteiger partial charge >= 0.3 is 0 Å². The van der Waals surface area contributed by atoms with E-state index in [4.69, 9.17) is 5.73 Å². The quantitative estimate of drug-likeness (QED) is 0.747. The lowest BCUT2D eigenvalue weighted by molar-refractivity contribution is 0.0901. The Hall–Kier alpha value is -0.360. The van der Waals surface area contributed by atoms with Gasteiger partial charge < -0.3 is 11.1 Å². The van der Waals surface area contributed by atoms with Gasteiger partial charge in [0.1, 0.15) is 4.88 Å². The number of amides is 1. The normalized spacial score (nSPS) is 17.1. The molecule has 1 saturated carbocycles. The highest BCUT2D eigenvalue weighted by atomic mass is 35.5. The van der Waals surface area contributed by atoms with E-state index in [-0.39, 0.29) is 36.3 Å². The van der Waals surface area contributed by atoms with Crippen molar-refractivity contribution in [3.63, 3.8) is 0 Å². The van der Waals surface area contributed by atoms with E-state index in [0.717, 1.165) is 22.0 Å². The van der Waals surface area contributed by atoms with Crippen molar-refractivity contribution in [2.45, 2.75) is 71.3 Å². The third kappa shape index (κ3) is 5.87. The zero-order chi connectivity index (χ0) is 16.3. The van der Waals surface area contributed by atoms with Crippen LogP contribution in [0.4, 0.5) is 0 Å². The molecule has 1 unspecified atom stereocenters. The standard InChI is InChI=1S/C17H29N3OS.2ClH/c1-11(2)9-17(4,10-18)20-15(21)14-12(3)19-16(22-14)13-7-5-6-8-13;;/h11,13H,5-10,18H2,1-4H3,(H,20,21);2*1H. The smallest absolute Gasteiger partial charge is 0.263 e. The monoisotopic (exact) mass is 395 g/mol. The van der Waals surface area contributed by atoms with Crippen molar-refractivity contribution in [2.75, 3.05) is 6.54 Å². The number of hydrogen-bond acceptors (Lipinski definition) is 4. The zero-order valence-electron chi connectivity index (χ0n) is 15.1. The molecule has 3 N–H and O–H groups in total. The van der Waals surface area contributed by atoms with Gasteiger partial charge in [0.05, 0.1) is 16.2 Å². The van der Waals surface area contributed by atoms with Crippen LogP contribution in [0.25, 0.3) is 0 Å². The van der Waals surface area contributed by atoms with Crippen LogP contribution in [0.5, 0.6) is 0 Å². The fraction of sp³-hybridized carbons (Fsp3) is 0.765. The summed E-state index contributed by atoms with van der Waals surface area (Å²) >= 11 is 1.57. The highest BCUT2D eigenvalue weighted by Gasteiger charge is 2.29. The van der Waals surface area contributed by atoms with Crippen LogP contribution in [0.1, 0.15) is 79.2 Å².